The number of rotatable bonds is 25. The second-order valence-electron chi connectivity index (χ2n) is 10.8. The lowest BCUT2D eigenvalue weighted by Crippen LogP contribution is -2.39. The zero-order valence-corrected chi connectivity index (χ0v) is 23.3. The molecular formula is C31H62N2. The minimum absolute atomic E-state index is 0.643. The lowest BCUT2D eigenvalue weighted by atomic mass is 10.0. The Balaban J connectivity index is 1.95. The van der Waals surface area contributed by atoms with Crippen molar-refractivity contribution >= 4 is 0 Å². The van der Waals surface area contributed by atoms with Gasteiger partial charge >= 0.3 is 0 Å². The molecule has 1 unspecified atom stereocenters. The Bertz CT molecular complexity index is 419. The first-order valence-electron chi connectivity index (χ1n) is 15.5. The summed E-state index contributed by atoms with van der Waals surface area (Å²) in [6.45, 7) is 9.41. The van der Waals surface area contributed by atoms with Gasteiger partial charge in [0.25, 0.3) is 0 Å². The highest BCUT2D eigenvalue weighted by Crippen LogP contribution is 2.23. The maximum atomic E-state index is 2.64. The van der Waals surface area contributed by atoms with E-state index in [1.54, 1.807) is 0 Å². The fourth-order valence-corrected chi connectivity index (χ4v) is 5.28. The molecule has 2 heteroatoms. The normalized spacial score (nSPS) is 15.8. The van der Waals surface area contributed by atoms with E-state index in [9.17, 15) is 0 Å². The summed E-state index contributed by atoms with van der Waals surface area (Å²) in [4.78, 5) is 5.26. The molecule has 0 aromatic carbocycles. The second-order valence-corrected chi connectivity index (χ2v) is 10.8. The third-order valence-electron chi connectivity index (χ3n) is 7.57. The highest BCUT2D eigenvalue weighted by molar-refractivity contribution is 4.96. The van der Waals surface area contributed by atoms with Crippen LogP contribution in [0.5, 0.6) is 0 Å². The fourth-order valence-electron chi connectivity index (χ4n) is 5.28. The quantitative estimate of drug-likeness (QED) is 0.124. The molecule has 1 heterocycles. The van der Waals surface area contributed by atoms with Crippen molar-refractivity contribution in [3.05, 3.63) is 12.4 Å². The van der Waals surface area contributed by atoms with E-state index in [-0.39, 0.29) is 0 Å². The molecule has 0 N–H and O–H groups in total. The summed E-state index contributed by atoms with van der Waals surface area (Å²) < 4.78 is 0. The molecule has 1 rings (SSSR count). The molecule has 1 aliphatic rings. The average molecular weight is 463 g/mol. The Labute approximate surface area is 210 Å². The van der Waals surface area contributed by atoms with Crippen molar-refractivity contribution in [3.63, 3.8) is 0 Å². The molecule has 0 spiro atoms. The molecule has 0 saturated heterocycles. The van der Waals surface area contributed by atoms with Gasteiger partial charge in [-0.05, 0) is 25.7 Å². The molecule has 33 heavy (non-hydrogen) atoms. The van der Waals surface area contributed by atoms with E-state index in [0.29, 0.717) is 6.17 Å². The van der Waals surface area contributed by atoms with Crippen LogP contribution in [0.25, 0.3) is 0 Å². The zero-order chi connectivity index (χ0) is 23.8. The smallest absolute Gasteiger partial charge is 0.101 e. The topological polar surface area (TPSA) is 6.48 Å². The van der Waals surface area contributed by atoms with Crippen LogP contribution in [-0.4, -0.2) is 29.1 Å². The minimum Gasteiger partial charge on any atom is -0.356 e. The minimum atomic E-state index is 0.643. The molecule has 0 radical (unpaired) electrons. The van der Waals surface area contributed by atoms with Gasteiger partial charge in [-0.15, -0.1) is 0 Å². The van der Waals surface area contributed by atoms with Crippen molar-refractivity contribution in [3.8, 4) is 0 Å². The molecule has 196 valence electrons. The molecule has 1 aliphatic heterocycles. The van der Waals surface area contributed by atoms with Crippen molar-refractivity contribution in [2.75, 3.05) is 13.1 Å². The first kappa shape index (κ1) is 30.4. The molecule has 0 aliphatic carbocycles. The molecule has 1 atom stereocenters. The van der Waals surface area contributed by atoms with Gasteiger partial charge in [0.15, 0.2) is 0 Å². The van der Waals surface area contributed by atoms with E-state index in [1.165, 1.54) is 161 Å². The highest BCUT2D eigenvalue weighted by atomic mass is 15.4. The van der Waals surface area contributed by atoms with Crippen molar-refractivity contribution in [2.24, 2.45) is 0 Å². The van der Waals surface area contributed by atoms with Crippen molar-refractivity contribution < 1.29 is 0 Å². The Hall–Kier alpha value is -0.660. The van der Waals surface area contributed by atoms with Crippen LogP contribution < -0.4 is 0 Å². The van der Waals surface area contributed by atoms with Gasteiger partial charge in [0, 0.05) is 25.5 Å². The van der Waals surface area contributed by atoms with Crippen molar-refractivity contribution in [2.45, 2.75) is 175 Å². The molecular weight excluding hydrogens is 400 g/mol. The lowest BCUT2D eigenvalue weighted by molar-refractivity contribution is 0.136. The van der Waals surface area contributed by atoms with Crippen molar-refractivity contribution in [1.29, 1.82) is 0 Å². The Morgan fingerprint density at radius 1 is 0.394 bits per heavy atom. The van der Waals surface area contributed by atoms with Crippen LogP contribution in [0, 0.1) is 0 Å². The van der Waals surface area contributed by atoms with Gasteiger partial charge in [-0.1, -0.05) is 143 Å². The van der Waals surface area contributed by atoms with Crippen LogP contribution in [-0.2, 0) is 0 Å². The van der Waals surface area contributed by atoms with E-state index in [0.717, 1.165) is 0 Å². The SMILES string of the molecule is CCCCCCCCCCCCCCCCCCCC1N(CCCC)C=CN1CCCCC. The largest absolute Gasteiger partial charge is 0.356 e. The monoisotopic (exact) mass is 462 g/mol. The molecule has 0 bridgehead atoms. The van der Waals surface area contributed by atoms with E-state index < -0.39 is 0 Å². The van der Waals surface area contributed by atoms with Gasteiger partial charge < -0.3 is 9.80 Å². The number of hydrogen-bond acceptors (Lipinski definition) is 2. The Kier molecular flexibility index (Phi) is 21.3. The van der Waals surface area contributed by atoms with E-state index in [4.69, 9.17) is 0 Å². The summed E-state index contributed by atoms with van der Waals surface area (Å²) in [6.07, 6.45) is 38.2. The average Bonchev–Trinajstić information content (AvgIpc) is 3.21. The standard InChI is InChI=1S/C31H62N2/c1-4-7-10-11-12-13-14-15-16-17-18-19-20-21-22-23-24-26-31-32(27-9-6-3)29-30-33(31)28-25-8-5-2/h29-31H,4-28H2,1-3H3. The summed E-state index contributed by atoms with van der Waals surface area (Å²) in [5.74, 6) is 0. The van der Waals surface area contributed by atoms with Crippen LogP contribution in [0.15, 0.2) is 12.4 Å². The third-order valence-corrected chi connectivity index (χ3v) is 7.57. The zero-order valence-electron chi connectivity index (χ0n) is 23.3. The lowest BCUT2D eigenvalue weighted by Gasteiger charge is -2.33. The van der Waals surface area contributed by atoms with E-state index in [1.807, 2.05) is 0 Å². The van der Waals surface area contributed by atoms with E-state index in [2.05, 4.69) is 43.0 Å². The summed E-state index contributed by atoms with van der Waals surface area (Å²) in [6, 6.07) is 0. The molecule has 0 amide bonds. The maximum absolute atomic E-state index is 2.64. The number of hydrogen-bond donors (Lipinski definition) is 0. The van der Waals surface area contributed by atoms with Gasteiger partial charge in [0.2, 0.25) is 0 Å². The predicted octanol–water partition coefficient (Wildman–Crippen LogP) is 10.4. The van der Waals surface area contributed by atoms with Crippen LogP contribution >= 0.6 is 0 Å². The second kappa shape index (κ2) is 23.1. The summed E-state index contributed by atoms with van der Waals surface area (Å²) in [5.41, 5.74) is 0. The number of unbranched alkanes of at least 4 members (excludes halogenated alkanes) is 19. The molecule has 0 aromatic heterocycles. The third kappa shape index (κ3) is 16.6. The first-order valence-corrected chi connectivity index (χ1v) is 15.5. The fraction of sp³-hybridized carbons (Fsp3) is 0.935. The molecule has 0 saturated carbocycles. The predicted molar refractivity (Wildman–Crippen MR) is 150 cm³/mol. The number of nitrogens with zero attached hydrogens (tertiary/aromatic N) is 2. The van der Waals surface area contributed by atoms with Gasteiger partial charge in [0.05, 0.1) is 0 Å². The van der Waals surface area contributed by atoms with Gasteiger partial charge in [-0.25, -0.2) is 0 Å². The Morgan fingerprint density at radius 3 is 1.15 bits per heavy atom. The summed E-state index contributed by atoms with van der Waals surface area (Å²) in [5, 5.41) is 0. The van der Waals surface area contributed by atoms with Crippen LogP contribution in [0.2, 0.25) is 0 Å². The first-order chi connectivity index (χ1) is 16.3. The molecule has 2 nitrogen and oxygen atoms in total. The van der Waals surface area contributed by atoms with Crippen molar-refractivity contribution in [1.82, 2.24) is 9.80 Å². The van der Waals surface area contributed by atoms with Crippen LogP contribution in [0.1, 0.15) is 168 Å². The maximum Gasteiger partial charge on any atom is 0.101 e. The Morgan fingerprint density at radius 2 is 0.727 bits per heavy atom. The molecule has 0 fully saturated rings. The molecule has 0 aromatic rings. The van der Waals surface area contributed by atoms with Gasteiger partial charge in [-0.2, -0.15) is 0 Å². The van der Waals surface area contributed by atoms with E-state index >= 15 is 0 Å². The van der Waals surface area contributed by atoms with Crippen LogP contribution in [0.3, 0.4) is 0 Å². The van der Waals surface area contributed by atoms with Crippen LogP contribution in [0.4, 0.5) is 0 Å². The summed E-state index contributed by atoms with van der Waals surface area (Å²) >= 11 is 0. The van der Waals surface area contributed by atoms with Gasteiger partial charge in [0.1, 0.15) is 6.17 Å². The van der Waals surface area contributed by atoms with Gasteiger partial charge in [-0.3, -0.25) is 0 Å². The summed E-state index contributed by atoms with van der Waals surface area (Å²) in [7, 11) is 0. The highest BCUT2D eigenvalue weighted by Gasteiger charge is 2.24.